The predicted molar refractivity (Wildman–Crippen MR) is 92.4 cm³/mol. The molecule has 1 aromatic rings. The molecule has 1 N–H and O–H groups in total. The number of aryl methyl sites for hydroxylation is 1. The highest BCUT2D eigenvalue weighted by molar-refractivity contribution is 7.09. The Bertz CT molecular complexity index is 409. The summed E-state index contributed by atoms with van der Waals surface area (Å²) in [5, 5.41) is 7.25. The number of aromatic nitrogens is 1. The highest BCUT2D eigenvalue weighted by atomic mass is 35.5. The Balaban J connectivity index is 0.00000161. The predicted octanol–water partition coefficient (Wildman–Crippen LogP) is 3.48. The Hall–Kier alpha value is -0.160. The van der Waals surface area contributed by atoms with Gasteiger partial charge in [-0.25, -0.2) is 4.98 Å². The van der Waals surface area contributed by atoms with E-state index in [-0.39, 0.29) is 12.4 Å². The molecule has 0 spiro atoms. The first-order chi connectivity index (χ1) is 9.85. The largest absolute Gasteiger partial charge is 0.314 e. The quantitative estimate of drug-likeness (QED) is 0.896. The van der Waals surface area contributed by atoms with Gasteiger partial charge in [-0.05, 0) is 64.1 Å². The lowest BCUT2D eigenvalue weighted by Crippen LogP contribution is -2.40. The molecule has 2 saturated heterocycles. The average Bonchev–Trinajstić information content (AvgIpc) is 3.12. The number of nitrogens with zero attached hydrogens (tertiary/aromatic N) is 2. The van der Waals surface area contributed by atoms with Crippen LogP contribution in [0.15, 0.2) is 5.38 Å². The zero-order chi connectivity index (χ0) is 13.8. The molecule has 2 fully saturated rings. The van der Waals surface area contributed by atoms with Crippen molar-refractivity contribution in [2.45, 2.75) is 58.0 Å². The Morgan fingerprint density at radius 1 is 1.33 bits per heavy atom. The van der Waals surface area contributed by atoms with Gasteiger partial charge in [0.25, 0.3) is 0 Å². The summed E-state index contributed by atoms with van der Waals surface area (Å²) in [6.07, 6.45) is 7.85. The van der Waals surface area contributed by atoms with Gasteiger partial charge in [0.1, 0.15) is 0 Å². The van der Waals surface area contributed by atoms with Gasteiger partial charge in [0.05, 0.1) is 10.7 Å². The van der Waals surface area contributed by atoms with Gasteiger partial charge < -0.3 is 5.32 Å². The van der Waals surface area contributed by atoms with Gasteiger partial charge in [-0.1, -0.05) is 6.92 Å². The summed E-state index contributed by atoms with van der Waals surface area (Å²) < 4.78 is 0. The average molecular weight is 330 g/mol. The molecule has 3 nitrogen and oxygen atoms in total. The van der Waals surface area contributed by atoms with E-state index < -0.39 is 0 Å². The van der Waals surface area contributed by atoms with Crippen LogP contribution < -0.4 is 5.32 Å². The van der Waals surface area contributed by atoms with Crippen LogP contribution in [0.3, 0.4) is 0 Å². The summed E-state index contributed by atoms with van der Waals surface area (Å²) in [4.78, 5) is 7.35. The van der Waals surface area contributed by atoms with E-state index in [4.69, 9.17) is 4.98 Å². The second-order valence-electron chi connectivity index (χ2n) is 6.30. The molecule has 0 aliphatic carbocycles. The van der Waals surface area contributed by atoms with Crippen LogP contribution in [0.25, 0.3) is 0 Å². The van der Waals surface area contributed by atoms with Crippen molar-refractivity contribution < 1.29 is 0 Å². The van der Waals surface area contributed by atoms with Crippen LogP contribution in [-0.2, 0) is 13.0 Å². The standard InChI is InChI=1S/C16H27N3S.ClH/c1-2-4-16-18-14(12-20-16)11-19-9-6-13(7-10-19)15-5-3-8-17-15;/h12-13,15,17H,2-11H2,1H3;1H. The van der Waals surface area contributed by atoms with E-state index in [9.17, 15) is 0 Å². The maximum absolute atomic E-state index is 4.76. The number of hydrogen-bond donors (Lipinski definition) is 1. The highest BCUT2D eigenvalue weighted by Crippen LogP contribution is 2.26. The van der Waals surface area contributed by atoms with Crippen molar-refractivity contribution in [1.29, 1.82) is 0 Å². The maximum atomic E-state index is 4.76. The van der Waals surface area contributed by atoms with E-state index in [2.05, 4.69) is 22.5 Å². The molecule has 21 heavy (non-hydrogen) atoms. The van der Waals surface area contributed by atoms with Gasteiger partial charge in [0, 0.05) is 18.0 Å². The molecule has 0 bridgehead atoms. The van der Waals surface area contributed by atoms with E-state index >= 15 is 0 Å². The molecule has 0 radical (unpaired) electrons. The van der Waals surface area contributed by atoms with Crippen LogP contribution >= 0.6 is 23.7 Å². The van der Waals surface area contributed by atoms with Gasteiger partial charge in [0.2, 0.25) is 0 Å². The fourth-order valence-electron chi connectivity index (χ4n) is 3.61. The van der Waals surface area contributed by atoms with Crippen molar-refractivity contribution in [1.82, 2.24) is 15.2 Å². The van der Waals surface area contributed by atoms with E-state index in [0.717, 1.165) is 24.9 Å². The maximum Gasteiger partial charge on any atom is 0.0928 e. The van der Waals surface area contributed by atoms with Crippen molar-refractivity contribution in [3.8, 4) is 0 Å². The smallest absolute Gasteiger partial charge is 0.0928 e. The molecule has 0 aromatic carbocycles. The number of piperidine rings is 1. The second-order valence-corrected chi connectivity index (χ2v) is 7.24. The zero-order valence-corrected chi connectivity index (χ0v) is 14.6. The zero-order valence-electron chi connectivity index (χ0n) is 13.0. The Kier molecular flexibility index (Phi) is 6.93. The van der Waals surface area contributed by atoms with E-state index in [1.165, 1.54) is 62.4 Å². The summed E-state index contributed by atoms with van der Waals surface area (Å²) in [5.74, 6) is 0.917. The SMILES string of the molecule is CCCc1nc(CN2CCC(C3CCCN3)CC2)cs1.Cl. The monoisotopic (exact) mass is 329 g/mol. The lowest BCUT2D eigenvalue weighted by molar-refractivity contribution is 0.156. The van der Waals surface area contributed by atoms with Gasteiger partial charge in [-0.15, -0.1) is 23.7 Å². The fourth-order valence-corrected chi connectivity index (χ4v) is 4.50. The Morgan fingerprint density at radius 3 is 2.81 bits per heavy atom. The summed E-state index contributed by atoms with van der Waals surface area (Å²) in [6.45, 7) is 7.03. The minimum atomic E-state index is 0. The second kappa shape index (κ2) is 8.47. The van der Waals surface area contributed by atoms with Gasteiger partial charge in [-0.2, -0.15) is 0 Å². The number of rotatable bonds is 5. The van der Waals surface area contributed by atoms with Crippen molar-refractivity contribution in [3.63, 3.8) is 0 Å². The lowest BCUT2D eigenvalue weighted by atomic mass is 9.88. The van der Waals surface area contributed by atoms with Crippen LogP contribution in [-0.4, -0.2) is 35.6 Å². The first-order valence-corrected chi connectivity index (χ1v) is 9.12. The molecule has 5 heteroatoms. The van der Waals surface area contributed by atoms with Crippen LogP contribution in [0.1, 0.15) is 49.7 Å². The van der Waals surface area contributed by atoms with Crippen LogP contribution in [0.5, 0.6) is 0 Å². The van der Waals surface area contributed by atoms with Crippen molar-refractivity contribution >= 4 is 23.7 Å². The van der Waals surface area contributed by atoms with E-state index in [0.29, 0.717) is 0 Å². The molecule has 0 saturated carbocycles. The molecule has 120 valence electrons. The Labute approximate surface area is 138 Å². The Morgan fingerprint density at radius 2 is 2.14 bits per heavy atom. The summed E-state index contributed by atoms with van der Waals surface area (Å²) in [6, 6.07) is 0.813. The third-order valence-corrected chi connectivity index (χ3v) is 5.71. The molecule has 3 heterocycles. The third kappa shape index (κ3) is 4.65. The number of likely N-dealkylation sites (tertiary alicyclic amines) is 1. The van der Waals surface area contributed by atoms with Gasteiger partial charge in [0.15, 0.2) is 0 Å². The number of hydrogen-bond acceptors (Lipinski definition) is 4. The molecular formula is C16H28ClN3S. The molecular weight excluding hydrogens is 302 g/mol. The number of halogens is 1. The molecule has 1 aromatic heterocycles. The fraction of sp³-hybridized carbons (Fsp3) is 0.812. The van der Waals surface area contributed by atoms with Gasteiger partial charge >= 0.3 is 0 Å². The molecule has 3 rings (SSSR count). The topological polar surface area (TPSA) is 28.2 Å². The van der Waals surface area contributed by atoms with Crippen LogP contribution in [0.2, 0.25) is 0 Å². The van der Waals surface area contributed by atoms with E-state index in [1.807, 2.05) is 11.3 Å². The first-order valence-electron chi connectivity index (χ1n) is 8.24. The van der Waals surface area contributed by atoms with Crippen LogP contribution in [0.4, 0.5) is 0 Å². The van der Waals surface area contributed by atoms with Crippen molar-refractivity contribution in [2.24, 2.45) is 5.92 Å². The van der Waals surface area contributed by atoms with E-state index in [1.54, 1.807) is 0 Å². The number of nitrogens with one attached hydrogen (secondary N) is 1. The highest BCUT2D eigenvalue weighted by Gasteiger charge is 2.28. The van der Waals surface area contributed by atoms with Crippen molar-refractivity contribution in [2.75, 3.05) is 19.6 Å². The summed E-state index contributed by atoms with van der Waals surface area (Å²) in [5.41, 5.74) is 1.29. The summed E-state index contributed by atoms with van der Waals surface area (Å²) >= 11 is 1.84. The lowest BCUT2D eigenvalue weighted by Gasteiger charge is -2.34. The molecule has 0 amide bonds. The minimum Gasteiger partial charge on any atom is -0.314 e. The van der Waals surface area contributed by atoms with Crippen LogP contribution in [0, 0.1) is 5.92 Å². The number of thiazole rings is 1. The van der Waals surface area contributed by atoms with Gasteiger partial charge in [-0.3, -0.25) is 4.90 Å². The normalized spacial score (nSPS) is 24.1. The molecule has 2 aliphatic heterocycles. The molecule has 1 unspecified atom stereocenters. The molecule has 2 aliphatic rings. The minimum absolute atomic E-state index is 0. The van der Waals surface area contributed by atoms with Crippen molar-refractivity contribution in [3.05, 3.63) is 16.1 Å². The molecule has 1 atom stereocenters. The first kappa shape index (κ1) is 17.2. The summed E-state index contributed by atoms with van der Waals surface area (Å²) in [7, 11) is 0. The third-order valence-electron chi connectivity index (χ3n) is 4.75.